The zero-order valence-corrected chi connectivity index (χ0v) is 10.4. The first-order valence-electron chi connectivity index (χ1n) is 5.93. The van der Waals surface area contributed by atoms with E-state index in [2.05, 4.69) is 26.8 Å². The number of fused-ring (bicyclic) bond motifs is 1. The van der Waals surface area contributed by atoms with Crippen LogP contribution in [-0.2, 0) is 5.41 Å². The van der Waals surface area contributed by atoms with E-state index in [1.54, 1.807) is 0 Å². The molecule has 0 aliphatic carbocycles. The van der Waals surface area contributed by atoms with E-state index < -0.39 is 6.10 Å². The second-order valence-corrected chi connectivity index (χ2v) is 5.48. The minimum atomic E-state index is -0.470. The predicted molar refractivity (Wildman–Crippen MR) is 64.8 cm³/mol. The maximum Gasteiger partial charge on any atom is 0.129 e. The van der Waals surface area contributed by atoms with Gasteiger partial charge < -0.3 is 9.84 Å². The van der Waals surface area contributed by atoms with Crippen LogP contribution in [-0.4, -0.2) is 11.2 Å². The molecule has 0 aromatic heterocycles. The van der Waals surface area contributed by atoms with Gasteiger partial charge >= 0.3 is 0 Å². The van der Waals surface area contributed by atoms with Crippen molar-refractivity contribution in [2.45, 2.75) is 51.7 Å². The third-order valence-electron chi connectivity index (χ3n) is 3.20. The van der Waals surface area contributed by atoms with Crippen molar-refractivity contribution in [2.24, 2.45) is 0 Å². The number of rotatable bonds is 1. The van der Waals surface area contributed by atoms with Crippen molar-refractivity contribution < 1.29 is 9.84 Å². The Labute approximate surface area is 97.3 Å². The topological polar surface area (TPSA) is 29.5 Å². The fraction of sp³-hybridized carbons (Fsp3) is 0.571. The van der Waals surface area contributed by atoms with Gasteiger partial charge in [0.2, 0.25) is 0 Å². The Bertz CT molecular complexity index is 390. The van der Waals surface area contributed by atoms with Gasteiger partial charge in [-0.3, -0.25) is 0 Å². The van der Waals surface area contributed by atoms with Crippen molar-refractivity contribution in [3.63, 3.8) is 0 Å². The molecule has 1 aliphatic heterocycles. The van der Waals surface area contributed by atoms with E-state index in [-0.39, 0.29) is 11.5 Å². The second kappa shape index (κ2) is 3.77. The minimum Gasteiger partial charge on any atom is -0.487 e. The van der Waals surface area contributed by atoms with E-state index in [9.17, 15) is 5.11 Å². The molecule has 1 heterocycles. The lowest BCUT2D eigenvalue weighted by Gasteiger charge is -2.22. The van der Waals surface area contributed by atoms with Gasteiger partial charge in [0, 0.05) is 5.56 Å². The van der Waals surface area contributed by atoms with Gasteiger partial charge in [0.05, 0.1) is 0 Å². The fourth-order valence-electron chi connectivity index (χ4n) is 2.23. The largest absolute Gasteiger partial charge is 0.487 e. The fourth-order valence-corrected chi connectivity index (χ4v) is 2.23. The molecule has 0 bridgehead atoms. The predicted octanol–water partition coefficient (Wildman–Crippen LogP) is 3.19. The summed E-state index contributed by atoms with van der Waals surface area (Å²) in [5, 5.41) is 10.1. The molecule has 2 rings (SSSR count). The van der Waals surface area contributed by atoms with Crippen LogP contribution in [0.5, 0.6) is 5.75 Å². The average Bonchev–Trinajstić information content (AvgIpc) is 2.54. The molecule has 1 aliphatic rings. The summed E-state index contributed by atoms with van der Waals surface area (Å²) in [4.78, 5) is 0. The number of aliphatic hydroxyl groups excluding tert-OH is 1. The van der Waals surface area contributed by atoms with Crippen LogP contribution in [0.25, 0.3) is 0 Å². The first-order chi connectivity index (χ1) is 7.45. The highest BCUT2D eigenvalue weighted by Crippen LogP contribution is 2.44. The number of hydrogen-bond acceptors (Lipinski definition) is 2. The highest BCUT2D eigenvalue weighted by molar-refractivity contribution is 5.49. The van der Waals surface area contributed by atoms with Gasteiger partial charge in [-0.2, -0.15) is 0 Å². The SMILES string of the molecule is CCC1Oc2c(cccc2C(C)(C)C)C1O. The molecular weight excluding hydrogens is 200 g/mol. The van der Waals surface area contributed by atoms with Crippen LogP contribution < -0.4 is 4.74 Å². The van der Waals surface area contributed by atoms with Crippen LogP contribution in [0.3, 0.4) is 0 Å². The van der Waals surface area contributed by atoms with Gasteiger partial charge in [0.25, 0.3) is 0 Å². The van der Waals surface area contributed by atoms with Gasteiger partial charge in [-0.1, -0.05) is 45.9 Å². The summed E-state index contributed by atoms with van der Waals surface area (Å²) >= 11 is 0. The molecule has 0 spiro atoms. The van der Waals surface area contributed by atoms with Crippen molar-refractivity contribution in [2.75, 3.05) is 0 Å². The molecule has 0 fully saturated rings. The van der Waals surface area contributed by atoms with Crippen LogP contribution in [0.2, 0.25) is 0 Å². The monoisotopic (exact) mass is 220 g/mol. The third kappa shape index (κ3) is 1.71. The molecule has 0 saturated heterocycles. The Kier molecular flexibility index (Phi) is 2.70. The summed E-state index contributed by atoms with van der Waals surface area (Å²) in [5.74, 6) is 0.898. The molecule has 1 N–H and O–H groups in total. The van der Waals surface area contributed by atoms with Crippen LogP contribution >= 0.6 is 0 Å². The molecule has 2 heteroatoms. The van der Waals surface area contributed by atoms with E-state index in [1.807, 2.05) is 19.1 Å². The van der Waals surface area contributed by atoms with Gasteiger partial charge in [0.1, 0.15) is 18.0 Å². The number of hydrogen-bond donors (Lipinski definition) is 1. The first kappa shape index (κ1) is 11.5. The summed E-state index contributed by atoms with van der Waals surface area (Å²) in [6.07, 6.45) is 0.278. The lowest BCUT2D eigenvalue weighted by atomic mass is 9.85. The summed E-state index contributed by atoms with van der Waals surface area (Å²) in [6, 6.07) is 6.05. The van der Waals surface area contributed by atoms with Gasteiger partial charge in [0.15, 0.2) is 0 Å². The summed E-state index contributed by atoms with van der Waals surface area (Å²) in [7, 11) is 0. The molecule has 0 saturated carbocycles. The molecule has 2 nitrogen and oxygen atoms in total. The Morgan fingerprint density at radius 1 is 1.31 bits per heavy atom. The number of aliphatic hydroxyl groups is 1. The van der Waals surface area contributed by atoms with E-state index in [0.717, 1.165) is 17.7 Å². The lowest BCUT2D eigenvalue weighted by molar-refractivity contribution is 0.0647. The maximum atomic E-state index is 10.1. The lowest BCUT2D eigenvalue weighted by Crippen LogP contribution is -2.17. The number of ether oxygens (including phenoxy) is 1. The second-order valence-electron chi connectivity index (χ2n) is 5.48. The van der Waals surface area contributed by atoms with Crippen molar-refractivity contribution in [1.29, 1.82) is 0 Å². The number of para-hydroxylation sites is 1. The Hall–Kier alpha value is -1.02. The van der Waals surface area contributed by atoms with Crippen molar-refractivity contribution in [3.05, 3.63) is 29.3 Å². The normalized spacial score (nSPS) is 24.1. The smallest absolute Gasteiger partial charge is 0.129 e. The average molecular weight is 220 g/mol. The van der Waals surface area contributed by atoms with E-state index in [4.69, 9.17) is 4.74 Å². The minimum absolute atomic E-state index is 0.0493. The maximum absolute atomic E-state index is 10.1. The Balaban J connectivity index is 2.49. The summed E-state index contributed by atoms with van der Waals surface area (Å²) in [5.41, 5.74) is 2.17. The molecule has 88 valence electrons. The first-order valence-corrected chi connectivity index (χ1v) is 5.93. The van der Waals surface area contributed by atoms with E-state index in [1.165, 1.54) is 5.56 Å². The van der Waals surface area contributed by atoms with E-state index >= 15 is 0 Å². The molecule has 0 amide bonds. The van der Waals surface area contributed by atoms with Crippen LogP contribution in [0, 0.1) is 0 Å². The third-order valence-corrected chi connectivity index (χ3v) is 3.20. The zero-order valence-electron chi connectivity index (χ0n) is 10.4. The summed E-state index contributed by atoms with van der Waals surface area (Å²) in [6.45, 7) is 8.53. The summed E-state index contributed by atoms with van der Waals surface area (Å²) < 4.78 is 5.88. The molecule has 1 aromatic rings. The van der Waals surface area contributed by atoms with Crippen LogP contribution in [0.4, 0.5) is 0 Å². The van der Waals surface area contributed by atoms with Crippen molar-refractivity contribution in [3.8, 4) is 5.75 Å². The standard InChI is InChI=1S/C14H20O2/c1-5-11-12(15)9-7-6-8-10(13(9)16-11)14(2,3)4/h6-8,11-12,15H,5H2,1-4H3. The highest BCUT2D eigenvalue weighted by atomic mass is 16.5. The van der Waals surface area contributed by atoms with Gasteiger partial charge in [-0.25, -0.2) is 0 Å². The van der Waals surface area contributed by atoms with Gasteiger partial charge in [-0.15, -0.1) is 0 Å². The van der Waals surface area contributed by atoms with Crippen LogP contribution in [0.15, 0.2) is 18.2 Å². The Morgan fingerprint density at radius 3 is 2.56 bits per heavy atom. The quantitative estimate of drug-likeness (QED) is 0.787. The highest BCUT2D eigenvalue weighted by Gasteiger charge is 2.35. The molecule has 1 aromatic carbocycles. The van der Waals surface area contributed by atoms with Crippen LogP contribution in [0.1, 0.15) is 51.3 Å². The molecule has 0 radical (unpaired) electrons. The zero-order chi connectivity index (χ0) is 11.9. The number of benzene rings is 1. The van der Waals surface area contributed by atoms with Crippen molar-refractivity contribution >= 4 is 0 Å². The molecule has 2 atom stereocenters. The van der Waals surface area contributed by atoms with E-state index in [0.29, 0.717) is 0 Å². The van der Waals surface area contributed by atoms with Crippen molar-refractivity contribution in [1.82, 2.24) is 0 Å². The molecule has 16 heavy (non-hydrogen) atoms. The molecule has 2 unspecified atom stereocenters. The van der Waals surface area contributed by atoms with Gasteiger partial charge in [-0.05, 0) is 17.4 Å². The molecular formula is C14H20O2. The Morgan fingerprint density at radius 2 is 2.00 bits per heavy atom.